The normalized spacial score (nSPS) is 10.0. The maximum absolute atomic E-state index is 11.5. The van der Waals surface area contributed by atoms with Crippen molar-refractivity contribution in [2.24, 2.45) is 0 Å². The molecule has 0 aliphatic carbocycles. The first-order chi connectivity index (χ1) is 9.20. The van der Waals surface area contributed by atoms with Crippen molar-refractivity contribution in [3.63, 3.8) is 0 Å². The molecule has 1 aromatic carbocycles. The van der Waals surface area contributed by atoms with Crippen LogP contribution in [0.25, 0.3) is 0 Å². The molecule has 0 atom stereocenters. The maximum atomic E-state index is 11.5. The van der Waals surface area contributed by atoms with Crippen LogP contribution in [0.2, 0.25) is 5.02 Å². The van der Waals surface area contributed by atoms with Gasteiger partial charge < -0.3 is 10.6 Å². The highest BCUT2D eigenvalue weighted by atomic mass is 35.5. The van der Waals surface area contributed by atoms with Crippen LogP contribution in [0.15, 0.2) is 36.8 Å². The average Bonchev–Trinajstić information content (AvgIpc) is 2.46. The van der Waals surface area contributed by atoms with Crippen LogP contribution in [0, 0.1) is 0 Å². The van der Waals surface area contributed by atoms with Gasteiger partial charge >= 0.3 is 0 Å². The number of benzene rings is 1. The summed E-state index contributed by atoms with van der Waals surface area (Å²) in [6.07, 6.45) is 3.16. The molecule has 0 bridgehead atoms. The summed E-state index contributed by atoms with van der Waals surface area (Å²) in [6.45, 7) is 0.513. The molecule has 0 unspecified atom stereocenters. The molecule has 2 N–H and O–H groups in total. The van der Waals surface area contributed by atoms with E-state index in [0.717, 1.165) is 5.69 Å². The summed E-state index contributed by atoms with van der Waals surface area (Å²) >= 11 is 6.08. The van der Waals surface area contributed by atoms with E-state index in [4.69, 9.17) is 11.6 Å². The Morgan fingerprint density at radius 2 is 2.21 bits per heavy atom. The van der Waals surface area contributed by atoms with Gasteiger partial charge in [0, 0.05) is 18.8 Å². The number of carbonyl (C=O) groups is 1. The highest BCUT2D eigenvalue weighted by molar-refractivity contribution is 6.33. The SMILES string of the molecule is CNC(=O)c1ccc(Cl)c(NCc2ccncn2)c1. The molecule has 1 aromatic heterocycles. The van der Waals surface area contributed by atoms with Gasteiger partial charge in [-0.15, -0.1) is 0 Å². The second-order valence-corrected chi connectivity index (χ2v) is 4.24. The molecule has 0 saturated heterocycles. The van der Waals surface area contributed by atoms with Crippen LogP contribution >= 0.6 is 11.6 Å². The van der Waals surface area contributed by atoms with Crippen molar-refractivity contribution in [2.45, 2.75) is 6.54 Å². The zero-order chi connectivity index (χ0) is 13.7. The topological polar surface area (TPSA) is 66.9 Å². The third-order valence-corrected chi connectivity index (χ3v) is 2.89. The van der Waals surface area contributed by atoms with Gasteiger partial charge in [-0.05, 0) is 24.3 Å². The van der Waals surface area contributed by atoms with Crippen LogP contribution in [0.1, 0.15) is 16.1 Å². The fourth-order valence-electron chi connectivity index (χ4n) is 1.55. The first-order valence-electron chi connectivity index (χ1n) is 5.71. The molecule has 0 radical (unpaired) electrons. The molecule has 6 heteroatoms. The van der Waals surface area contributed by atoms with Crippen molar-refractivity contribution in [3.8, 4) is 0 Å². The lowest BCUT2D eigenvalue weighted by molar-refractivity contribution is 0.0963. The van der Waals surface area contributed by atoms with Crippen molar-refractivity contribution < 1.29 is 4.79 Å². The van der Waals surface area contributed by atoms with Crippen LogP contribution in [0.5, 0.6) is 0 Å². The minimum absolute atomic E-state index is 0.151. The quantitative estimate of drug-likeness (QED) is 0.897. The molecule has 0 aliphatic rings. The molecular formula is C13H13ClN4O. The minimum atomic E-state index is -0.151. The predicted octanol–water partition coefficient (Wildman–Crippen LogP) is 2.10. The molecule has 1 heterocycles. The van der Waals surface area contributed by atoms with E-state index in [2.05, 4.69) is 20.6 Å². The number of aromatic nitrogens is 2. The third kappa shape index (κ3) is 3.42. The van der Waals surface area contributed by atoms with Gasteiger partial charge in [0.15, 0.2) is 0 Å². The lowest BCUT2D eigenvalue weighted by Gasteiger charge is -2.09. The molecule has 0 saturated carbocycles. The summed E-state index contributed by atoms with van der Waals surface area (Å²) < 4.78 is 0. The predicted molar refractivity (Wildman–Crippen MR) is 74.2 cm³/mol. The highest BCUT2D eigenvalue weighted by Crippen LogP contribution is 2.23. The number of halogens is 1. The lowest BCUT2D eigenvalue weighted by atomic mass is 10.2. The van der Waals surface area contributed by atoms with Crippen LogP contribution in [0.3, 0.4) is 0 Å². The number of amides is 1. The molecule has 2 rings (SSSR count). The summed E-state index contributed by atoms with van der Waals surface area (Å²) in [7, 11) is 1.59. The molecule has 98 valence electrons. The van der Waals surface area contributed by atoms with Gasteiger partial charge in [-0.1, -0.05) is 11.6 Å². The van der Waals surface area contributed by atoms with E-state index in [1.165, 1.54) is 6.33 Å². The number of nitrogens with zero attached hydrogens (tertiary/aromatic N) is 2. The molecule has 1 amide bonds. The maximum Gasteiger partial charge on any atom is 0.251 e. The van der Waals surface area contributed by atoms with Gasteiger partial charge in [0.2, 0.25) is 0 Å². The van der Waals surface area contributed by atoms with Gasteiger partial charge in [-0.3, -0.25) is 4.79 Å². The zero-order valence-electron chi connectivity index (χ0n) is 10.4. The molecule has 19 heavy (non-hydrogen) atoms. The monoisotopic (exact) mass is 276 g/mol. The van der Waals surface area contributed by atoms with Gasteiger partial charge in [0.1, 0.15) is 6.33 Å². The smallest absolute Gasteiger partial charge is 0.251 e. The van der Waals surface area contributed by atoms with E-state index in [0.29, 0.717) is 22.8 Å². The first kappa shape index (κ1) is 13.3. The Bertz CT molecular complexity index is 574. The van der Waals surface area contributed by atoms with Gasteiger partial charge in [-0.2, -0.15) is 0 Å². The Hall–Kier alpha value is -2.14. The Balaban J connectivity index is 2.13. The largest absolute Gasteiger partial charge is 0.378 e. The van der Waals surface area contributed by atoms with E-state index in [-0.39, 0.29) is 5.91 Å². The van der Waals surface area contributed by atoms with Crippen LogP contribution < -0.4 is 10.6 Å². The second-order valence-electron chi connectivity index (χ2n) is 3.83. The number of rotatable bonds is 4. The summed E-state index contributed by atoms with van der Waals surface area (Å²) in [6, 6.07) is 6.89. The first-order valence-corrected chi connectivity index (χ1v) is 6.09. The summed E-state index contributed by atoms with van der Waals surface area (Å²) in [4.78, 5) is 19.5. The number of hydrogen-bond acceptors (Lipinski definition) is 4. The van der Waals surface area contributed by atoms with Gasteiger partial charge in [0.25, 0.3) is 5.91 Å². The van der Waals surface area contributed by atoms with Crippen molar-refractivity contribution in [1.82, 2.24) is 15.3 Å². The Kier molecular flexibility index (Phi) is 4.30. The fraction of sp³-hybridized carbons (Fsp3) is 0.154. The minimum Gasteiger partial charge on any atom is -0.378 e. The average molecular weight is 277 g/mol. The number of carbonyl (C=O) groups excluding carboxylic acids is 1. The van der Waals surface area contributed by atoms with Crippen LogP contribution in [-0.4, -0.2) is 22.9 Å². The van der Waals surface area contributed by atoms with Crippen LogP contribution in [0.4, 0.5) is 5.69 Å². The number of nitrogens with one attached hydrogen (secondary N) is 2. The third-order valence-electron chi connectivity index (χ3n) is 2.56. The molecular weight excluding hydrogens is 264 g/mol. The van der Waals surface area contributed by atoms with Gasteiger partial charge in [0.05, 0.1) is 22.9 Å². The van der Waals surface area contributed by atoms with E-state index in [1.807, 2.05) is 6.07 Å². The molecule has 0 fully saturated rings. The van der Waals surface area contributed by atoms with Crippen molar-refractivity contribution in [2.75, 3.05) is 12.4 Å². The molecule has 5 nitrogen and oxygen atoms in total. The lowest BCUT2D eigenvalue weighted by Crippen LogP contribution is -2.17. The standard InChI is InChI=1S/C13H13ClN4O/c1-15-13(19)9-2-3-11(14)12(6-9)17-7-10-4-5-16-8-18-10/h2-6,8,17H,7H2,1H3,(H,15,19). The second kappa shape index (κ2) is 6.15. The molecule has 0 spiro atoms. The van der Waals surface area contributed by atoms with E-state index in [9.17, 15) is 4.79 Å². The summed E-state index contributed by atoms with van der Waals surface area (Å²) in [5.41, 5.74) is 2.09. The summed E-state index contributed by atoms with van der Waals surface area (Å²) in [5, 5.41) is 6.27. The van der Waals surface area contributed by atoms with E-state index >= 15 is 0 Å². The highest BCUT2D eigenvalue weighted by Gasteiger charge is 2.07. The van der Waals surface area contributed by atoms with E-state index < -0.39 is 0 Å². The van der Waals surface area contributed by atoms with Crippen molar-refractivity contribution in [1.29, 1.82) is 0 Å². The van der Waals surface area contributed by atoms with Gasteiger partial charge in [-0.25, -0.2) is 9.97 Å². The zero-order valence-corrected chi connectivity index (χ0v) is 11.1. The molecule has 2 aromatic rings. The van der Waals surface area contributed by atoms with Crippen molar-refractivity contribution >= 4 is 23.2 Å². The number of anilines is 1. The van der Waals surface area contributed by atoms with Crippen molar-refractivity contribution in [3.05, 3.63) is 53.1 Å². The Morgan fingerprint density at radius 3 is 2.89 bits per heavy atom. The Morgan fingerprint density at radius 1 is 1.37 bits per heavy atom. The molecule has 0 aliphatic heterocycles. The number of hydrogen-bond donors (Lipinski definition) is 2. The fourth-order valence-corrected chi connectivity index (χ4v) is 1.74. The van der Waals surface area contributed by atoms with E-state index in [1.54, 1.807) is 31.4 Å². The summed E-state index contributed by atoms with van der Waals surface area (Å²) in [5.74, 6) is -0.151. The Labute approximate surface area is 116 Å². The van der Waals surface area contributed by atoms with Crippen LogP contribution in [-0.2, 0) is 6.54 Å².